The number of rotatable bonds is 2. The lowest BCUT2D eigenvalue weighted by Gasteiger charge is -2.40. The standard InChI is InChI=1S/C18H28N4.HI/c1-14-6-4-9-17(15(14)2)21-10-12-22(13-11-21)18(19-3)20-16-7-5-8-16;/h4,6,9,16H,5,7-8,10-13H2,1-3H3,(H,19,20);1H. The van der Waals surface area contributed by atoms with Crippen molar-refractivity contribution in [2.45, 2.75) is 39.2 Å². The molecule has 1 heterocycles. The molecular weight excluding hydrogens is 399 g/mol. The Morgan fingerprint density at radius 3 is 2.39 bits per heavy atom. The SMILES string of the molecule is CN=C(NC1CCC1)N1CCN(c2cccc(C)c2C)CC1.I. The van der Waals surface area contributed by atoms with Gasteiger partial charge in [0.2, 0.25) is 0 Å². The van der Waals surface area contributed by atoms with Crippen molar-refractivity contribution in [3.05, 3.63) is 29.3 Å². The summed E-state index contributed by atoms with van der Waals surface area (Å²) in [5, 5.41) is 3.61. The number of guanidine groups is 1. The zero-order valence-corrected chi connectivity index (χ0v) is 16.8. The van der Waals surface area contributed by atoms with Crippen LogP contribution in [0.5, 0.6) is 0 Å². The summed E-state index contributed by atoms with van der Waals surface area (Å²) in [6.07, 6.45) is 3.94. The second-order valence-electron chi connectivity index (χ2n) is 6.51. The van der Waals surface area contributed by atoms with Crippen molar-refractivity contribution in [2.24, 2.45) is 4.99 Å². The smallest absolute Gasteiger partial charge is 0.193 e. The van der Waals surface area contributed by atoms with Gasteiger partial charge in [-0.05, 0) is 50.3 Å². The van der Waals surface area contributed by atoms with Crippen LogP contribution in [0, 0.1) is 13.8 Å². The van der Waals surface area contributed by atoms with Gasteiger partial charge in [0.15, 0.2) is 5.96 Å². The number of anilines is 1. The molecule has 1 aliphatic heterocycles. The van der Waals surface area contributed by atoms with Crippen LogP contribution >= 0.6 is 24.0 Å². The molecule has 0 aromatic heterocycles. The van der Waals surface area contributed by atoms with E-state index in [0.717, 1.165) is 32.1 Å². The maximum absolute atomic E-state index is 4.48. The highest BCUT2D eigenvalue weighted by Gasteiger charge is 2.24. The number of nitrogens with one attached hydrogen (secondary N) is 1. The van der Waals surface area contributed by atoms with Crippen molar-refractivity contribution in [3.63, 3.8) is 0 Å². The predicted octanol–water partition coefficient (Wildman–Crippen LogP) is 3.17. The second kappa shape index (κ2) is 8.22. The molecule has 0 radical (unpaired) electrons. The Labute approximate surface area is 157 Å². The van der Waals surface area contributed by atoms with E-state index in [0.29, 0.717) is 6.04 Å². The lowest BCUT2D eigenvalue weighted by atomic mass is 9.93. The predicted molar refractivity (Wildman–Crippen MR) is 109 cm³/mol. The van der Waals surface area contributed by atoms with Gasteiger partial charge in [0.1, 0.15) is 0 Å². The van der Waals surface area contributed by atoms with E-state index in [2.05, 4.69) is 52.2 Å². The molecule has 5 heteroatoms. The summed E-state index contributed by atoms with van der Waals surface area (Å²) in [5.74, 6) is 1.09. The molecule has 1 aliphatic carbocycles. The second-order valence-corrected chi connectivity index (χ2v) is 6.51. The quantitative estimate of drug-likeness (QED) is 0.446. The van der Waals surface area contributed by atoms with Crippen LogP contribution < -0.4 is 10.2 Å². The van der Waals surface area contributed by atoms with Gasteiger partial charge in [-0.3, -0.25) is 4.99 Å². The van der Waals surface area contributed by atoms with Gasteiger partial charge >= 0.3 is 0 Å². The monoisotopic (exact) mass is 428 g/mol. The third-order valence-electron chi connectivity index (χ3n) is 5.15. The van der Waals surface area contributed by atoms with Gasteiger partial charge in [0.05, 0.1) is 0 Å². The molecule has 2 fully saturated rings. The molecule has 23 heavy (non-hydrogen) atoms. The van der Waals surface area contributed by atoms with Crippen molar-refractivity contribution >= 4 is 35.6 Å². The highest BCUT2D eigenvalue weighted by atomic mass is 127. The summed E-state index contributed by atoms with van der Waals surface area (Å²) in [6, 6.07) is 7.26. The van der Waals surface area contributed by atoms with Gasteiger partial charge in [0, 0.05) is 45.0 Å². The number of halogens is 1. The van der Waals surface area contributed by atoms with Crippen molar-refractivity contribution < 1.29 is 0 Å². The summed E-state index contributed by atoms with van der Waals surface area (Å²) in [5.41, 5.74) is 4.18. The molecule has 1 N–H and O–H groups in total. The molecule has 1 aromatic carbocycles. The van der Waals surface area contributed by atoms with E-state index in [1.807, 2.05) is 7.05 Å². The molecule has 4 nitrogen and oxygen atoms in total. The van der Waals surface area contributed by atoms with E-state index in [1.165, 1.54) is 36.1 Å². The molecule has 128 valence electrons. The topological polar surface area (TPSA) is 30.9 Å². The number of aryl methyl sites for hydroxylation is 1. The van der Waals surface area contributed by atoms with Gasteiger partial charge in [-0.1, -0.05) is 12.1 Å². The average molecular weight is 428 g/mol. The van der Waals surface area contributed by atoms with E-state index in [1.54, 1.807) is 0 Å². The Morgan fingerprint density at radius 2 is 1.83 bits per heavy atom. The van der Waals surface area contributed by atoms with Crippen LogP contribution in [0.15, 0.2) is 23.2 Å². The minimum atomic E-state index is 0. The highest BCUT2D eigenvalue weighted by molar-refractivity contribution is 14.0. The van der Waals surface area contributed by atoms with E-state index < -0.39 is 0 Å². The van der Waals surface area contributed by atoms with Crippen molar-refractivity contribution in [1.82, 2.24) is 10.2 Å². The van der Waals surface area contributed by atoms with Crippen LogP contribution in [-0.2, 0) is 0 Å². The first-order valence-electron chi connectivity index (χ1n) is 8.48. The molecule has 0 atom stereocenters. The molecular formula is C18H29IN4. The zero-order chi connectivity index (χ0) is 15.5. The van der Waals surface area contributed by atoms with Gasteiger partial charge < -0.3 is 15.1 Å². The van der Waals surface area contributed by atoms with Crippen LogP contribution in [0.3, 0.4) is 0 Å². The molecule has 0 unspecified atom stereocenters. The number of hydrogen-bond acceptors (Lipinski definition) is 2. The Morgan fingerprint density at radius 1 is 1.13 bits per heavy atom. The van der Waals surface area contributed by atoms with Gasteiger partial charge in [-0.15, -0.1) is 24.0 Å². The van der Waals surface area contributed by atoms with Gasteiger partial charge in [-0.25, -0.2) is 0 Å². The molecule has 0 spiro atoms. The Hall–Kier alpha value is -0.980. The normalized spacial score (nSPS) is 19.2. The highest BCUT2D eigenvalue weighted by Crippen LogP contribution is 2.24. The Balaban J connectivity index is 0.00000192. The lowest BCUT2D eigenvalue weighted by Crippen LogP contribution is -2.55. The first kappa shape index (κ1) is 18.4. The lowest BCUT2D eigenvalue weighted by molar-refractivity contribution is 0.332. The average Bonchev–Trinajstić information content (AvgIpc) is 2.50. The number of piperazine rings is 1. The minimum absolute atomic E-state index is 0. The summed E-state index contributed by atoms with van der Waals surface area (Å²) in [7, 11) is 1.90. The summed E-state index contributed by atoms with van der Waals surface area (Å²) < 4.78 is 0. The molecule has 0 bridgehead atoms. The van der Waals surface area contributed by atoms with E-state index >= 15 is 0 Å². The summed E-state index contributed by atoms with van der Waals surface area (Å²) in [6.45, 7) is 8.64. The Kier molecular flexibility index (Phi) is 6.56. The van der Waals surface area contributed by atoms with Crippen molar-refractivity contribution in [2.75, 3.05) is 38.1 Å². The van der Waals surface area contributed by atoms with Crippen LogP contribution in [-0.4, -0.2) is 50.1 Å². The molecule has 2 aliphatic rings. The van der Waals surface area contributed by atoms with Gasteiger partial charge in [-0.2, -0.15) is 0 Å². The fourth-order valence-electron chi connectivity index (χ4n) is 3.27. The third kappa shape index (κ3) is 4.11. The minimum Gasteiger partial charge on any atom is -0.368 e. The summed E-state index contributed by atoms with van der Waals surface area (Å²) in [4.78, 5) is 9.39. The number of benzene rings is 1. The van der Waals surface area contributed by atoms with Crippen LogP contribution in [0.25, 0.3) is 0 Å². The maximum atomic E-state index is 4.48. The molecule has 0 amide bonds. The van der Waals surface area contributed by atoms with Gasteiger partial charge in [0.25, 0.3) is 0 Å². The summed E-state index contributed by atoms with van der Waals surface area (Å²) >= 11 is 0. The number of hydrogen-bond donors (Lipinski definition) is 1. The van der Waals surface area contributed by atoms with E-state index in [-0.39, 0.29) is 24.0 Å². The van der Waals surface area contributed by atoms with Crippen LogP contribution in [0.2, 0.25) is 0 Å². The first-order valence-corrected chi connectivity index (χ1v) is 8.48. The fraction of sp³-hybridized carbons (Fsp3) is 0.611. The van der Waals surface area contributed by atoms with Crippen molar-refractivity contribution in [3.8, 4) is 0 Å². The maximum Gasteiger partial charge on any atom is 0.193 e. The van der Waals surface area contributed by atoms with Crippen molar-refractivity contribution in [1.29, 1.82) is 0 Å². The zero-order valence-electron chi connectivity index (χ0n) is 14.5. The number of aliphatic imine (C=N–C) groups is 1. The molecule has 3 rings (SSSR count). The number of nitrogens with zero attached hydrogens (tertiary/aromatic N) is 3. The van der Waals surface area contributed by atoms with Crippen LogP contribution in [0.1, 0.15) is 30.4 Å². The molecule has 1 saturated carbocycles. The Bertz CT molecular complexity index is 546. The van der Waals surface area contributed by atoms with Crippen LogP contribution in [0.4, 0.5) is 5.69 Å². The van der Waals surface area contributed by atoms with E-state index in [4.69, 9.17) is 0 Å². The molecule has 1 aromatic rings. The first-order chi connectivity index (χ1) is 10.7. The third-order valence-corrected chi connectivity index (χ3v) is 5.15. The molecule has 1 saturated heterocycles. The fourth-order valence-corrected chi connectivity index (χ4v) is 3.27. The largest absolute Gasteiger partial charge is 0.368 e. The van der Waals surface area contributed by atoms with E-state index in [9.17, 15) is 0 Å².